The van der Waals surface area contributed by atoms with Crippen LogP contribution in [-0.2, 0) is 6.54 Å². The van der Waals surface area contributed by atoms with E-state index in [2.05, 4.69) is 27.8 Å². The van der Waals surface area contributed by atoms with Crippen LogP contribution in [0.15, 0.2) is 30.3 Å². The molecule has 7 heteroatoms. The molecule has 1 aliphatic rings. The minimum atomic E-state index is -0.143. The van der Waals surface area contributed by atoms with Crippen molar-refractivity contribution in [3.63, 3.8) is 0 Å². The number of nitrogens with zero attached hydrogens (tertiary/aromatic N) is 2. The van der Waals surface area contributed by atoms with Crippen LogP contribution >= 0.6 is 23.1 Å². The monoisotopic (exact) mass is 348 g/mol. The van der Waals surface area contributed by atoms with Crippen LogP contribution < -0.4 is 10.6 Å². The van der Waals surface area contributed by atoms with Crippen LogP contribution in [0.2, 0.25) is 0 Å². The Morgan fingerprint density at radius 2 is 2.09 bits per heavy atom. The van der Waals surface area contributed by atoms with Gasteiger partial charge in [-0.3, -0.25) is 0 Å². The van der Waals surface area contributed by atoms with E-state index in [1.807, 2.05) is 42.1 Å². The first-order valence-electron chi connectivity index (χ1n) is 7.68. The van der Waals surface area contributed by atoms with E-state index in [4.69, 9.17) is 0 Å². The smallest absolute Gasteiger partial charge is 0.315 e. The van der Waals surface area contributed by atoms with Crippen LogP contribution in [0, 0.1) is 0 Å². The highest BCUT2D eigenvalue weighted by molar-refractivity contribution is 8.00. The van der Waals surface area contributed by atoms with Crippen molar-refractivity contribution < 1.29 is 4.79 Å². The maximum atomic E-state index is 11.9. The number of carbonyl (C=O) groups is 1. The summed E-state index contributed by atoms with van der Waals surface area (Å²) in [4.78, 5) is 11.9. The van der Waals surface area contributed by atoms with Crippen LogP contribution in [0.25, 0.3) is 10.6 Å². The second-order valence-electron chi connectivity index (χ2n) is 5.81. The second kappa shape index (κ2) is 7.31. The van der Waals surface area contributed by atoms with E-state index in [1.54, 1.807) is 0 Å². The van der Waals surface area contributed by atoms with Gasteiger partial charge in [-0.1, -0.05) is 41.7 Å². The zero-order valence-corrected chi connectivity index (χ0v) is 14.7. The first kappa shape index (κ1) is 16.3. The minimum absolute atomic E-state index is 0.143. The molecule has 3 rings (SSSR count). The third-order valence-electron chi connectivity index (χ3n) is 3.81. The molecule has 1 aliphatic heterocycles. The SMILES string of the molecule is CC1(CNC(=O)NCc2nnc(-c3ccccc3)s2)CCCS1. The number of carbonyl (C=O) groups excluding carboxylic acids is 1. The van der Waals surface area contributed by atoms with E-state index in [-0.39, 0.29) is 10.8 Å². The topological polar surface area (TPSA) is 66.9 Å². The van der Waals surface area contributed by atoms with Gasteiger partial charge in [-0.15, -0.1) is 10.2 Å². The molecule has 2 amide bonds. The Kier molecular flexibility index (Phi) is 5.17. The van der Waals surface area contributed by atoms with Crippen molar-refractivity contribution in [1.82, 2.24) is 20.8 Å². The number of amides is 2. The Balaban J connectivity index is 1.47. The Morgan fingerprint density at radius 1 is 1.26 bits per heavy atom. The van der Waals surface area contributed by atoms with Gasteiger partial charge in [0.1, 0.15) is 10.0 Å². The van der Waals surface area contributed by atoms with Crippen LogP contribution in [0.5, 0.6) is 0 Å². The molecule has 0 bridgehead atoms. The van der Waals surface area contributed by atoms with Gasteiger partial charge in [-0.2, -0.15) is 11.8 Å². The Morgan fingerprint density at radius 3 is 2.83 bits per heavy atom. The van der Waals surface area contributed by atoms with E-state index < -0.39 is 0 Å². The summed E-state index contributed by atoms with van der Waals surface area (Å²) in [5.74, 6) is 1.19. The fourth-order valence-corrected chi connectivity index (χ4v) is 4.51. The third kappa shape index (κ3) is 4.45. The lowest BCUT2D eigenvalue weighted by Gasteiger charge is -2.22. The number of aromatic nitrogens is 2. The molecule has 23 heavy (non-hydrogen) atoms. The summed E-state index contributed by atoms with van der Waals surface area (Å²) in [7, 11) is 0. The molecule has 1 atom stereocenters. The molecule has 0 saturated carbocycles. The molecule has 2 N–H and O–H groups in total. The van der Waals surface area contributed by atoms with Gasteiger partial charge in [-0.05, 0) is 25.5 Å². The lowest BCUT2D eigenvalue weighted by atomic mass is 10.1. The molecule has 5 nitrogen and oxygen atoms in total. The summed E-state index contributed by atoms with van der Waals surface area (Å²) in [5.41, 5.74) is 1.05. The van der Waals surface area contributed by atoms with Crippen molar-refractivity contribution in [2.45, 2.75) is 31.1 Å². The Hall–Kier alpha value is -1.60. The van der Waals surface area contributed by atoms with Crippen molar-refractivity contribution in [2.75, 3.05) is 12.3 Å². The number of urea groups is 1. The summed E-state index contributed by atoms with van der Waals surface area (Å²) in [6.45, 7) is 3.32. The molecular formula is C16H20N4OS2. The van der Waals surface area contributed by atoms with Gasteiger partial charge in [0.2, 0.25) is 0 Å². The average molecular weight is 348 g/mol. The Labute approximate surface area is 144 Å². The molecule has 1 saturated heterocycles. The summed E-state index contributed by atoms with van der Waals surface area (Å²) in [5, 5.41) is 15.8. The lowest BCUT2D eigenvalue weighted by molar-refractivity contribution is 0.239. The predicted octanol–water partition coefficient (Wildman–Crippen LogP) is 3.29. The molecule has 0 spiro atoms. The molecule has 0 radical (unpaired) electrons. The molecule has 0 aliphatic carbocycles. The van der Waals surface area contributed by atoms with Crippen molar-refractivity contribution >= 4 is 29.1 Å². The van der Waals surface area contributed by atoms with Crippen LogP contribution in [0.4, 0.5) is 4.79 Å². The zero-order valence-electron chi connectivity index (χ0n) is 13.0. The largest absolute Gasteiger partial charge is 0.337 e. The Bertz CT molecular complexity index is 653. The quantitative estimate of drug-likeness (QED) is 0.870. The fraction of sp³-hybridized carbons (Fsp3) is 0.438. The zero-order chi connectivity index (χ0) is 16.1. The van der Waals surface area contributed by atoms with Gasteiger partial charge in [0.15, 0.2) is 0 Å². The minimum Gasteiger partial charge on any atom is -0.337 e. The van der Waals surface area contributed by atoms with E-state index in [0.717, 1.165) is 22.0 Å². The molecule has 2 aromatic rings. The molecule has 1 aromatic heterocycles. The van der Waals surface area contributed by atoms with Crippen LogP contribution in [-0.4, -0.2) is 33.3 Å². The highest BCUT2D eigenvalue weighted by Gasteiger charge is 2.29. The number of benzene rings is 1. The molecule has 122 valence electrons. The molecule has 1 aromatic carbocycles. The first-order valence-corrected chi connectivity index (χ1v) is 9.48. The number of nitrogens with one attached hydrogen (secondary N) is 2. The fourth-order valence-electron chi connectivity index (χ4n) is 2.48. The summed E-state index contributed by atoms with van der Waals surface area (Å²) in [6, 6.07) is 9.79. The van der Waals surface area contributed by atoms with Crippen molar-refractivity contribution in [1.29, 1.82) is 0 Å². The number of hydrogen-bond donors (Lipinski definition) is 2. The molecular weight excluding hydrogens is 328 g/mol. The number of thioether (sulfide) groups is 1. The maximum Gasteiger partial charge on any atom is 0.315 e. The van der Waals surface area contributed by atoms with Gasteiger partial charge < -0.3 is 10.6 Å². The normalized spacial score (nSPS) is 20.4. The number of hydrogen-bond acceptors (Lipinski definition) is 5. The molecule has 1 fully saturated rings. The summed E-state index contributed by atoms with van der Waals surface area (Å²) < 4.78 is 0.181. The predicted molar refractivity (Wildman–Crippen MR) is 95.7 cm³/mol. The van der Waals surface area contributed by atoms with Crippen molar-refractivity contribution in [2.24, 2.45) is 0 Å². The molecule has 1 unspecified atom stereocenters. The second-order valence-corrected chi connectivity index (χ2v) is 8.55. The van der Waals surface area contributed by atoms with E-state index >= 15 is 0 Å². The first-order chi connectivity index (χ1) is 11.1. The van der Waals surface area contributed by atoms with Crippen molar-refractivity contribution in [3.8, 4) is 10.6 Å². The lowest BCUT2D eigenvalue weighted by Crippen LogP contribution is -2.42. The summed E-state index contributed by atoms with van der Waals surface area (Å²) >= 11 is 3.44. The number of rotatable bonds is 5. The third-order valence-corrected chi connectivity index (χ3v) is 6.32. The van der Waals surface area contributed by atoms with Gasteiger partial charge >= 0.3 is 6.03 Å². The van der Waals surface area contributed by atoms with E-state index in [0.29, 0.717) is 13.1 Å². The van der Waals surface area contributed by atoms with E-state index in [1.165, 1.54) is 23.5 Å². The molecule has 2 heterocycles. The maximum absolute atomic E-state index is 11.9. The highest BCUT2D eigenvalue weighted by atomic mass is 32.2. The highest BCUT2D eigenvalue weighted by Crippen LogP contribution is 2.36. The van der Waals surface area contributed by atoms with E-state index in [9.17, 15) is 4.79 Å². The van der Waals surface area contributed by atoms with Gasteiger partial charge in [0, 0.05) is 16.9 Å². The standard InChI is InChI=1S/C16H20N4OS2/c1-16(8-5-9-22-16)11-18-15(21)17-10-13-19-20-14(23-13)12-6-3-2-4-7-12/h2-4,6-7H,5,8-11H2,1H3,(H2,17,18,21). The van der Waals surface area contributed by atoms with Gasteiger partial charge in [0.05, 0.1) is 6.54 Å². The summed E-state index contributed by atoms with van der Waals surface area (Å²) in [6.07, 6.45) is 2.40. The average Bonchev–Trinajstić information content (AvgIpc) is 3.22. The van der Waals surface area contributed by atoms with Crippen molar-refractivity contribution in [3.05, 3.63) is 35.3 Å². The van der Waals surface area contributed by atoms with Gasteiger partial charge in [-0.25, -0.2) is 4.79 Å². The van der Waals surface area contributed by atoms with Crippen LogP contribution in [0.1, 0.15) is 24.8 Å². The van der Waals surface area contributed by atoms with Crippen LogP contribution in [0.3, 0.4) is 0 Å². The van der Waals surface area contributed by atoms with Gasteiger partial charge in [0.25, 0.3) is 0 Å².